The highest BCUT2D eigenvalue weighted by atomic mass is 35.5. The largest absolute Gasteiger partial charge is 0.494 e. The number of carbonyl (C=O) groups excluding carboxylic acids is 1. The van der Waals surface area contributed by atoms with Gasteiger partial charge in [-0.05, 0) is 62.2 Å². The first-order valence-electron chi connectivity index (χ1n) is 9.98. The van der Waals surface area contributed by atoms with Gasteiger partial charge in [0.2, 0.25) is 5.88 Å². The van der Waals surface area contributed by atoms with Crippen molar-refractivity contribution in [1.29, 1.82) is 0 Å². The van der Waals surface area contributed by atoms with Crippen LogP contribution in [0.5, 0.6) is 11.6 Å². The van der Waals surface area contributed by atoms with E-state index in [9.17, 15) is 9.59 Å². The standard InChI is InChI=1S/C23H24ClN3O4/c1-4-20(23(29)25-17-8-10-18(11-9-17)30-5-2)31-21-12-13-22(28)27(26-21)19-14-16(24)7-6-15(19)3/h6-14,20H,4-5H2,1-3H3,(H,25,29). The number of carbonyl (C=O) groups is 1. The van der Waals surface area contributed by atoms with Crippen molar-refractivity contribution in [2.75, 3.05) is 11.9 Å². The van der Waals surface area contributed by atoms with Gasteiger partial charge in [0, 0.05) is 22.8 Å². The second-order valence-corrected chi connectivity index (χ2v) is 7.25. The Kier molecular flexibility index (Phi) is 7.31. The Hall–Kier alpha value is -3.32. The summed E-state index contributed by atoms with van der Waals surface area (Å²) in [7, 11) is 0. The van der Waals surface area contributed by atoms with E-state index in [4.69, 9.17) is 21.1 Å². The molecule has 0 aliphatic rings. The molecule has 0 saturated heterocycles. The summed E-state index contributed by atoms with van der Waals surface area (Å²) < 4.78 is 12.4. The van der Waals surface area contributed by atoms with E-state index >= 15 is 0 Å². The minimum atomic E-state index is -0.787. The lowest BCUT2D eigenvalue weighted by atomic mass is 10.2. The number of aromatic nitrogens is 2. The SMILES string of the molecule is CCOc1ccc(NC(=O)C(CC)Oc2ccc(=O)n(-c3cc(Cl)ccc3C)n2)cc1. The Morgan fingerprint density at radius 3 is 2.55 bits per heavy atom. The summed E-state index contributed by atoms with van der Waals surface area (Å²) in [4.78, 5) is 25.1. The molecule has 0 radical (unpaired) electrons. The molecule has 31 heavy (non-hydrogen) atoms. The molecule has 7 nitrogen and oxygen atoms in total. The lowest BCUT2D eigenvalue weighted by Crippen LogP contribution is -2.33. The summed E-state index contributed by atoms with van der Waals surface area (Å²) in [6.07, 6.45) is -0.370. The lowest BCUT2D eigenvalue weighted by molar-refractivity contribution is -0.123. The Morgan fingerprint density at radius 1 is 1.13 bits per heavy atom. The van der Waals surface area contributed by atoms with Gasteiger partial charge in [-0.25, -0.2) is 0 Å². The van der Waals surface area contributed by atoms with Gasteiger partial charge in [0.05, 0.1) is 12.3 Å². The van der Waals surface area contributed by atoms with Crippen molar-refractivity contribution >= 4 is 23.2 Å². The van der Waals surface area contributed by atoms with E-state index < -0.39 is 6.10 Å². The molecule has 162 valence electrons. The first-order valence-corrected chi connectivity index (χ1v) is 10.4. The number of hydrogen-bond donors (Lipinski definition) is 1. The number of ether oxygens (including phenoxy) is 2. The van der Waals surface area contributed by atoms with Crippen LogP contribution in [0.2, 0.25) is 5.02 Å². The summed E-state index contributed by atoms with van der Waals surface area (Å²) in [5.74, 6) is 0.573. The number of aryl methyl sites for hydroxylation is 1. The number of anilines is 1. The van der Waals surface area contributed by atoms with Gasteiger partial charge in [-0.1, -0.05) is 24.6 Å². The maximum Gasteiger partial charge on any atom is 0.271 e. The zero-order chi connectivity index (χ0) is 22.4. The molecule has 1 heterocycles. The Balaban J connectivity index is 1.77. The summed E-state index contributed by atoms with van der Waals surface area (Å²) >= 11 is 6.08. The normalized spacial score (nSPS) is 11.6. The van der Waals surface area contributed by atoms with Crippen molar-refractivity contribution < 1.29 is 14.3 Å². The van der Waals surface area contributed by atoms with Gasteiger partial charge in [-0.15, -0.1) is 5.10 Å². The minimum Gasteiger partial charge on any atom is -0.494 e. The van der Waals surface area contributed by atoms with Crippen molar-refractivity contribution in [2.45, 2.75) is 33.3 Å². The van der Waals surface area contributed by atoms with Crippen molar-refractivity contribution in [3.8, 4) is 17.3 Å². The van der Waals surface area contributed by atoms with Crippen molar-refractivity contribution in [3.05, 3.63) is 75.5 Å². The molecule has 1 N–H and O–H groups in total. The smallest absolute Gasteiger partial charge is 0.271 e. The minimum absolute atomic E-state index is 0.160. The van der Waals surface area contributed by atoms with Crippen LogP contribution in [-0.2, 0) is 4.79 Å². The third kappa shape index (κ3) is 5.64. The first-order chi connectivity index (χ1) is 14.9. The Morgan fingerprint density at radius 2 is 1.87 bits per heavy atom. The Labute approximate surface area is 185 Å². The fourth-order valence-electron chi connectivity index (χ4n) is 2.93. The monoisotopic (exact) mass is 441 g/mol. The average molecular weight is 442 g/mol. The Bertz CT molecular complexity index is 1110. The lowest BCUT2D eigenvalue weighted by Gasteiger charge is -2.17. The molecule has 0 spiro atoms. The number of rotatable bonds is 8. The summed E-state index contributed by atoms with van der Waals surface area (Å²) in [5, 5.41) is 7.59. The summed E-state index contributed by atoms with van der Waals surface area (Å²) in [6, 6.07) is 15.1. The third-order valence-corrected chi connectivity index (χ3v) is 4.77. The zero-order valence-electron chi connectivity index (χ0n) is 17.6. The molecular formula is C23H24ClN3O4. The maximum absolute atomic E-state index is 12.7. The van der Waals surface area contributed by atoms with Crippen LogP contribution < -0.4 is 20.3 Å². The van der Waals surface area contributed by atoms with Crippen LogP contribution in [0.1, 0.15) is 25.8 Å². The van der Waals surface area contributed by atoms with E-state index in [2.05, 4.69) is 10.4 Å². The highest BCUT2D eigenvalue weighted by molar-refractivity contribution is 6.30. The zero-order valence-corrected chi connectivity index (χ0v) is 18.3. The number of amides is 1. The fraction of sp³-hybridized carbons (Fsp3) is 0.261. The molecule has 1 unspecified atom stereocenters. The molecule has 2 aromatic carbocycles. The van der Waals surface area contributed by atoms with Gasteiger partial charge in [0.1, 0.15) is 5.75 Å². The maximum atomic E-state index is 12.7. The second kappa shape index (κ2) is 10.1. The van der Waals surface area contributed by atoms with Crippen LogP contribution in [0.25, 0.3) is 5.69 Å². The van der Waals surface area contributed by atoms with Gasteiger partial charge < -0.3 is 14.8 Å². The van der Waals surface area contributed by atoms with E-state index in [-0.39, 0.29) is 17.3 Å². The molecule has 1 amide bonds. The molecule has 3 aromatic rings. The fourth-order valence-corrected chi connectivity index (χ4v) is 3.10. The molecule has 0 fully saturated rings. The van der Waals surface area contributed by atoms with Crippen LogP contribution in [-0.4, -0.2) is 28.4 Å². The topological polar surface area (TPSA) is 82.5 Å². The molecule has 1 atom stereocenters. The summed E-state index contributed by atoms with van der Waals surface area (Å²) in [5.41, 5.74) is 1.68. The van der Waals surface area contributed by atoms with Crippen molar-refractivity contribution in [1.82, 2.24) is 9.78 Å². The molecular weight excluding hydrogens is 418 g/mol. The highest BCUT2D eigenvalue weighted by Crippen LogP contribution is 2.20. The molecule has 0 bridgehead atoms. The van der Waals surface area contributed by atoms with E-state index in [1.807, 2.05) is 20.8 Å². The van der Waals surface area contributed by atoms with E-state index in [0.29, 0.717) is 29.4 Å². The molecule has 0 saturated carbocycles. The van der Waals surface area contributed by atoms with Gasteiger partial charge >= 0.3 is 0 Å². The van der Waals surface area contributed by atoms with E-state index in [1.165, 1.54) is 16.8 Å². The second-order valence-electron chi connectivity index (χ2n) is 6.81. The molecule has 3 rings (SSSR count). The quantitative estimate of drug-likeness (QED) is 0.560. The van der Waals surface area contributed by atoms with Crippen LogP contribution in [0.15, 0.2) is 59.4 Å². The number of nitrogens with zero attached hydrogens (tertiary/aromatic N) is 2. The molecule has 1 aromatic heterocycles. The first kappa shape index (κ1) is 22.4. The third-order valence-electron chi connectivity index (χ3n) is 4.53. The predicted octanol–water partition coefficient (Wildman–Crippen LogP) is 4.39. The number of halogens is 1. The predicted molar refractivity (Wildman–Crippen MR) is 121 cm³/mol. The van der Waals surface area contributed by atoms with Crippen LogP contribution in [0.3, 0.4) is 0 Å². The molecule has 0 aliphatic heterocycles. The van der Waals surface area contributed by atoms with Gasteiger partial charge in [0.25, 0.3) is 11.5 Å². The number of nitrogens with one attached hydrogen (secondary N) is 1. The van der Waals surface area contributed by atoms with Crippen molar-refractivity contribution in [2.24, 2.45) is 0 Å². The van der Waals surface area contributed by atoms with Gasteiger partial charge in [-0.3, -0.25) is 9.59 Å². The number of benzene rings is 2. The number of hydrogen-bond acceptors (Lipinski definition) is 5. The van der Waals surface area contributed by atoms with Crippen LogP contribution in [0.4, 0.5) is 5.69 Å². The van der Waals surface area contributed by atoms with E-state index in [1.54, 1.807) is 42.5 Å². The van der Waals surface area contributed by atoms with Gasteiger partial charge in [0.15, 0.2) is 6.10 Å². The van der Waals surface area contributed by atoms with Crippen molar-refractivity contribution in [3.63, 3.8) is 0 Å². The van der Waals surface area contributed by atoms with Crippen LogP contribution in [0, 0.1) is 6.92 Å². The molecule has 8 heteroatoms. The summed E-state index contributed by atoms with van der Waals surface area (Å²) in [6.45, 7) is 6.16. The van der Waals surface area contributed by atoms with Gasteiger partial charge in [-0.2, -0.15) is 4.68 Å². The molecule has 0 aliphatic carbocycles. The highest BCUT2D eigenvalue weighted by Gasteiger charge is 2.20. The van der Waals surface area contributed by atoms with E-state index in [0.717, 1.165) is 11.3 Å². The average Bonchev–Trinajstić information content (AvgIpc) is 2.76. The van der Waals surface area contributed by atoms with Crippen LogP contribution >= 0.6 is 11.6 Å².